The van der Waals surface area contributed by atoms with Crippen molar-refractivity contribution < 1.29 is 9.53 Å². The highest BCUT2D eigenvalue weighted by Crippen LogP contribution is 2.43. The van der Waals surface area contributed by atoms with Gasteiger partial charge in [-0.1, -0.05) is 12.2 Å². The maximum Gasteiger partial charge on any atom is 0.309 e. The van der Waals surface area contributed by atoms with Gasteiger partial charge in [-0.05, 0) is 31.6 Å². The average molecular weight is 166 g/mol. The van der Waals surface area contributed by atoms with Crippen LogP contribution in [0.4, 0.5) is 0 Å². The van der Waals surface area contributed by atoms with Crippen LogP contribution in [0.2, 0.25) is 0 Å². The molecule has 12 heavy (non-hydrogen) atoms. The highest BCUT2D eigenvalue weighted by atomic mass is 16.5. The molecule has 0 aromatic carbocycles. The number of carbonyl (C=O) groups is 1. The predicted octanol–water partition coefficient (Wildman–Crippen LogP) is 1.76. The van der Waals surface area contributed by atoms with Crippen molar-refractivity contribution in [1.29, 1.82) is 0 Å². The summed E-state index contributed by atoms with van der Waals surface area (Å²) < 4.78 is 5.01. The number of hydrogen-bond acceptors (Lipinski definition) is 2. The minimum absolute atomic E-state index is 0.00866. The number of rotatable bonds is 2. The Kier molecular flexibility index (Phi) is 1.91. The lowest BCUT2D eigenvalue weighted by molar-refractivity contribution is -0.148. The fraction of sp³-hybridized carbons (Fsp3) is 0.700. The highest BCUT2D eigenvalue weighted by Gasteiger charge is 2.40. The Balaban J connectivity index is 1.98. The summed E-state index contributed by atoms with van der Waals surface area (Å²) in [6.07, 6.45) is 6.60. The molecule has 1 saturated carbocycles. The molecule has 0 aromatic heterocycles. The molecule has 2 nitrogen and oxygen atoms in total. The number of fused-ring (bicyclic) bond motifs is 2. The van der Waals surface area contributed by atoms with E-state index in [9.17, 15) is 4.79 Å². The predicted molar refractivity (Wildman–Crippen MR) is 45.5 cm³/mol. The zero-order valence-electron chi connectivity index (χ0n) is 7.32. The number of hydrogen-bond donors (Lipinski definition) is 0. The molecule has 2 unspecified atom stereocenters. The van der Waals surface area contributed by atoms with Crippen LogP contribution in [-0.2, 0) is 9.53 Å². The Morgan fingerprint density at radius 3 is 2.83 bits per heavy atom. The van der Waals surface area contributed by atoms with E-state index in [2.05, 4.69) is 12.2 Å². The van der Waals surface area contributed by atoms with Crippen LogP contribution in [0.15, 0.2) is 12.2 Å². The third-order valence-corrected chi connectivity index (χ3v) is 2.87. The number of allylic oxidation sites excluding steroid dienone is 2. The van der Waals surface area contributed by atoms with Gasteiger partial charge in [0.15, 0.2) is 0 Å². The molecule has 2 bridgehead atoms. The molecule has 0 N–H and O–H groups in total. The molecule has 0 radical (unpaired) electrons. The van der Waals surface area contributed by atoms with Crippen molar-refractivity contribution in [2.75, 3.05) is 6.61 Å². The van der Waals surface area contributed by atoms with Crippen molar-refractivity contribution in [2.45, 2.75) is 19.8 Å². The van der Waals surface area contributed by atoms with Gasteiger partial charge in [0.25, 0.3) is 0 Å². The van der Waals surface area contributed by atoms with Crippen LogP contribution < -0.4 is 0 Å². The van der Waals surface area contributed by atoms with Crippen molar-refractivity contribution in [3.8, 4) is 0 Å². The molecular formula is C10H14O2. The smallest absolute Gasteiger partial charge is 0.309 e. The minimum atomic E-state index is 0.00866. The number of esters is 1. The molecule has 2 aliphatic carbocycles. The van der Waals surface area contributed by atoms with E-state index in [1.165, 1.54) is 6.42 Å². The van der Waals surface area contributed by atoms with Gasteiger partial charge in [-0.2, -0.15) is 0 Å². The molecule has 2 rings (SSSR count). The Labute approximate surface area is 72.6 Å². The van der Waals surface area contributed by atoms with Crippen molar-refractivity contribution in [1.82, 2.24) is 0 Å². The van der Waals surface area contributed by atoms with E-state index in [4.69, 9.17) is 4.74 Å². The maximum atomic E-state index is 11.4. The first-order valence-corrected chi connectivity index (χ1v) is 4.66. The van der Waals surface area contributed by atoms with Gasteiger partial charge < -0.3 is 4.74 Å². The van der Waals surface area contributed by atoms with Gasteiger partial charge in [0, 0.05) is 0 Å². The summed E-state index contributed by atoms with van der Waals surface area (Å²) >= 11 is 0. The van der Waals surface area contributed by atoms with Crippen LogP contribution >= 0.6 is 0 Å². The van der Waals surface area contributed by atoms with E-state index in [0.717, 1.165) is 6.42 Å². The van der Waals surface area contributed by atoms with Gasteiger partial charge in [0.2, 0.25) is 0 Å². The van der Waals surface area contributed by atoms with Gasteiger partial charge in [0.05, 0.1) is 12.5 Å². The summed E-state index contributed by atoms with van der Waals surface area (Å²) in [4.78, 5) is 11.4. The first-order valence-electron chi connectivity index (χ1n) is 4.66. The molecule has 0 aliphatic heterocycles. The normalized spacial score (nSPS) is 37.2. The lowest BCUT2D eigenvalue weighted by Crippen LogP contribution is -2.21. The third-order valence-electron chi connectivity index (χ3n) is 2.87. The van der Waals surface area contributed by atoms with Gasteiger partial charge in [-0.25, -0.2) is 0 Å². The summed E-state index contributed by atoms with van der Waals surface area (Å²) in [7, 11) is 0. The summed E-state index contributed by atoms with van der Waals surface area (Å²) in [6, 6.07) is 0. The van der Waals surface area contributed by atoms with Crippen LogP contribution in [0.25, 0.3) is 0 Å². The first kappa shape index (κ1) is 7.84. The minimum Gasteiger partial charge on any atom is -0.466 e. The van der Waals surface area contributed by atoms with Crippen LogP contribution in [0, 0.1) is 17.8 Å². The fourth-order valence-corrected chi connectivity index (χ4v) is 2.30. The molecule has 0 aromatic rings. The SMILES string of the molecule is CCOC(=O)[C@@H]1CC2C=CC1C2. The summed E-state index contributed by atoms with van der Waals surface area (Å²) in [6.45, 7) is 2.37. The molecule has 2 heteroatoms. The van der Waals surface area contributed by atoms with E-state index >= 15 is 0 Å². The largest absolute Gasteiger partial charge is 0.466 e. The quantitative estimate of drug-likeness (QED) is 0.461. The molecule has 1 fully saturated rings. The summed E-state index contributed by atoms with van der Waals surface area (Å²) in [5.74, 6) is 1.31. The number of ether oxygens (including phenoxy) is 1. The second-order valence-corrected chi connectivity index (χ2v) is 3.64. The van der Waals surface area contributed by atoms with Gasteiger partial charge >= 0.3 is 5.97 Å². The third kappa shape index (κ3) is 1.15. The molecule has 66 valence electrons. The van der Waals surface area contributed by atoms with Crippen molar-refractivity contribution in [3.05, 3.63) is 12.2 Å². The average Bonchev–Trinajstić information content (AvgIpc) is 2.64. The summed E-state index contributed by atoms with van der Waals surface area (Å²) in [5.41, 5.74) is 0. The zero-order chi connectivity index (χ0) is 8.55. The van der Waals surface area contributed by atoms with Crippen molar-refractivity contribution >= 4 is 5.97 Å². The molecular weight excluding hydrogens is 152 g/mol. The Morgan fingerprint density at radius 2 is 2.33 bits per heavy atom. The second-order valence-electron chi connectivity index (χ2n) is 3.64. The topological polar surface area (TPSA) is 26.3 Å². The van der Waals surface area contributed by atoms with Crippen molar-refractivity contribution in [3.63, 3.8) is 0 Å². The molecule has 3 atom stereocenters. The van der Waals surface area contributed by atoms with E-state index in [1.807, 2.05) is 6.92 Å². The van der Waals surface area contributed by atoms with Crippen LogP contribution in [-0.4, -0.2) is 12.6 Å². The van der Waals surface area contributed by atoms with Gasteiger partial charge in [0.1, 0.15) is 0 Å². The van der Waals surface area contributed by atoms with Crippen LogP contribution in [0.3, 0.4) is 0 Å². The Morgan fingerprint density at radius 1 is 1.50 bits per heavy atom. The molecule has 0 spiro atoms. The Bertz CT molecular complexity index is 220. The molecule has 0 heterocycles. The second kappa shape index (κ2) is 2.92. The maximum absolute atomic E-state index is 11.4. The van der Waals surface area contributed by atoms with Crippen molar-refractivity contribution in [2.24, 2.45) is 17.8 Å². The van der Waals surface area contributed by atoms with Gasteiger partial charge in [-0.3, -0.25) is 4.79 Å². The lowest BCUT2D eigenvalue weighted by Gasteiger charge is -2.15. The first-order chi connectivity index (χ1) is 5.81. The van der Waals surface area contributed by atoms with Crippen LogP contribution in [0.5, 0.6) is 0 Å². The Hall–Kier alpha value is -0.790. The molecule has 0 amide bonds. The van der Waals surface area contributed by atoms with Crippen LogP contribution in [0.1, 0.15) is 19.8 Å². The zero-order valence-corrected chi connectivity index (χ0v) is 7.32. The standard InChI is InChI=1S/C10H14O2/c1-2-12-10(11)9-6-7-3-4-8(9)5-7/h3-4,7-9H,2,5-6H2,1H3/t7?,8?,9-/m1/s1. The number of carbonyl (C=O) groups excluding carboxylic acids is 1. The summed E-state index contributed by atoms with van der Waals surface area (Å²) in [5, 5.41) is 0. The van der Waals surface area contributed by atoms with E-state index in [1.54, 1.807) is 0 Å². The fourth-order valence-electron chi connectivity index (χ4n) is 2.30. The molecule has 2 aliphatic rings. The van der Waals surface area contributed by atoms with E-state index in [0.29, 0.717) is 18.4 Å². The van der Waals surface area contributed by atoms with E-state index < -0.39 is 0 Å². The van der Waals surface area contributed by atoms with E-state index in [-0.39, 0.29) is 11.9 Å². The van der Waals surface area contributed by atoms with Gasteiger partial charge in [-0.15, -0.1) is 0 Å². The molecule has 0 saturated heterocycles. The highest BCUT2D eigenvalue weighted by molar-refractivity contribution is 5.74. The lowest BCUT2D eigenvalue weighted by atomic mass is 9.94. The monoisotopic (exact) mass is 166 g/mol.